The fourth-order valence-electron chi connectivity index (χ4n) is 1.56. The first-order valence-corrected chi connectivity index (χ1v) is 7.85. The lowest BCUT2D eigenvalue weighted by atomic mass is 10.2. The van der Waals surface area contributed by atoms with E-state index in [1.165, 1.54) is 30.9 Å². The highest BCUT2D eigenvalue weighted by Gasteiger charge is 1.96. The standard InChI is InChI=1S/C13H21NSi/c1-3-4-5-9-12-14-15(2)13-10-7-6-8-11-13/h6-8,10-11H,3-5,9,12H2,1-2H3. The van der Waals surface area contributed by atoms with Gasteiger partial charge >= 0.3 is 0 Å². The Morgan fingerprint density at radius 1 is 1.07 bits per heavy atom. The first-order valence-electron chi connectivity index (χ1n) is 5.91. The Kier molecular flexibility index (Phi) is 6.17. The van der Waals surface area contributed by atoms with E-state index in [9.17, 15) is 0 Å². The van der Waals surface area contributed by atoms with Crippen LogP contribution in [0.5, 0.6) is 0 Å². The molecule has 82 valence electrons. The van der Waals surface area contributed by atoms with Gasteiger partial charge in [-0.1, -0.05) is 56.5 Å². The highest BCUT2D eigenvalue weighted by Crippen LogP contribution is 1.98. The molecule has 15 heavy (non-hydrogen) atoms. The second-order valence-corrected chi connectivity index (χ2v) is 5.96. The van der Waals surface area contributed by atoms with Crippen LogP contribution in [0.15, 0.2) is 35.0 Å². The van der Waals surface area contributed by atoms with Crippen LogP contribution in [0.2, 0.25) is 6.55 Å². The fourth-order valence-corrected chi connectivity index (χ4v) is 2.91. The second kappa shape index (κ2) is 7.52. The van der Waals surface area contributed by atoms with Crippen molar-refractivity contribution in [2.45, 2.75) is 39.2 Å². The number of hydrogen-bond donors (Lipinski definition) is 0. The van der Waals surface area contributed by atoms with Crippen LogP contribution in [-0.4, -0.2) is 15.1 Å². The molecule has 0 unspecified atom stereocenters. The molecule has 0 aromatic heterocycles. The van der Waals surface area contributed by atoms with E-state index in [0.29, 0.717) is 0 Å². The summed E-state index contributed by atoms with van der Waals surface area (Å²) in [5.41, 5.74) is 0. The Hall–Kier alpha value is -0.763. The first-order chi connectivity index (χ1) is 7.34. The van der Waals surface area contributed by atoms with Gasteiger partial charge in [0, 0.05) is 6.54 Å². The van der Waals surface area contributed by atoms with Gasteiger partial charge in [-0.05, 0) is 18.2 Å². The van der Waals surface area contributed by atoms with Gasteiger partial charge in [0.15, 0.2) is 8.59 Å². The van der Waals surface area contributed by atoms with E-state index in [-0.39, 0.29) is 0 Å². The molecular weight excluding hydrogens is 198 g/mol. The average molecular weight is 219 g/mol. The Morgan fingerprint density at radius 3 is 2.47 bits per heavy atom. The Balaban J connectivity index is 2.33. The van der Waals surface area contributed by atoms with E-state index >= 15 is 0 Å². The maximum absolute atomic E-state index is 4.77. The molecule has 1 aromatic rings. The van der Waals surface area contributed by atoms with Gasteiger partial charge in [-0.25, -0.2) is 0 Å². The Labute approximate surface area is 94.9 Å². The van der Waals surface area contributed by atoms with Gasteiger partial charge in [0.1, 0.15) is 0 Å². The molecule has 0 fully saturated rings. The molecule has 0 saturated carbocycles. The van der Waals surface area contributed by atoms with Gasteiger partial charge in [0.05, 0.1) is 0 Å². The Bertz CT molecular complexity index is 293. The lowest BCUT2D eigenvalue weighted by Gasteiger charge is -2.00. The van der Waals surface area contributed by atoms with Crippen LogP contribution in [0, 0.1) is 0 Å². The first kappa shape index (κ1) is 12.3. The summed E-state index contributed by atoms with van der Waals surface area (Å²) >= 11 is 0. The summed E-state index contributed by atoms with van der Waals surface area (Å²) in [7, 11) is -0.629. The molecular formula is C13H21NSi. The zero-order valence-electron chi connectivity index (χ0n) is 9.87. The minimum Gasteiger partial charge on any atom is -0.332 e. The molecule has 0 radical (unpaired) electrons. The molecule has 0 spiro atoms. The zero-order chi connectivity index (χ0) is 10.9. The van der Waals surface area contributed by atoms with Crippen molar-refractivity contribution in [2.75, 3.05) is 6.54 Å². The third-order valence-electron chi connectivity index (χ3n) is 2.55. The van der Waals surface area contributed by atoms with Crippen LogP contribution in [0.4, 0.5) is 0 Å². The number of nitrogens with zero attached hydrogens (tertiary/aromatic N) is 1. The van der Waals surface area contributed by atoms with Crippen LogP contribution in [0.1, 0.15) is 32.6 Å². The minimum absolute atomic E-state index is 0.629. The van der Waals surface area contributed by atoms with E-state index < -0.39 is 8.59 Å². The molecule has 0 atom stereocenters. The van der Waals surface area contributed by atoms with Gasteiger partial charge in [-0.2, -0.15) is 0 Å². The number of benzene rings is 1. The lowest BCUT2D eigenvalue weighted by molar-refractivity contribution is 0.676. The third kappa shape index (κ3) is 5.03. The third-order valence-corrected chi connectivity index (χ3v) is 4.42. The van der Waals surface area contributed by atoms with E-state index in [0.717, 1.165) is 6.54 Å². The molecule has 2 heteroatoms. The van der Waals surface area contributed by atoms with Gasteiger partial charge in [-0.3, -0.25) is 0 Å². The molecule has 1 nitrogen and oxygen atoms in total. The van der Waals surface area contributed by atoms with Crippen LogP contribution in [0.25, 0.3) is 0 Å². The zero-order valence-corrected chi connectivity index (χ0v) is 10.9. The normalized spacial score (nSPS) is 11.7. The lowest BCUT2D eigenvalue weighted by Crippen LogP contribution is -2.17. The van der Waals surface area contributed by atoms with Crippen LogP contribution < -0.4 is 5.19 Å². The molecule has 0 aliphatic carbocycles. The number of unbranched alkanes of at least 4 members (excludes halogenated alkanes) is 3. The molecule has 0 heterocycles. The summed E-state index contributed by atoms with van der Waals surface area (Å²) in [5, 5.41) is 1.43. The Morgan fingerprint density at radius 2 is 1.80 bits per heavy atom. The van der Waals surface area contributed by atoms with Crippen molar-refractivity contribution >= 4 is 13.8 Å². The van der Waals surface area contributed by atoms with Gasteiger partial charge < -0.3 is 4.63 Å². The van der Waals surface area contributed by atoms with Crippen molar-refractivity contribution in [3.63, 3.8) is 0 Å². The average Bonchev–Trinajstić information content (AvgIpc) is 2.30. The maximum atomic E-state index is 4.77. The van der Waals surface area contributed by atoms with E-state index in [4.69, 9.17) is 4.63 Å². The monoisotopic (exact) mass is 219 g/mol. The SMILES string of the molecule is CCCCCCN=[Si](C)c1ccccc1. The van der Waals surface area contributed by atoms with E-state index in [1.807, 2.05) is 0 Å². The van der Waals surface area contributed by atoms with Crippen LogP contribution in [-0.2, 0) is 0 Å². The molecule has 0 amide bonds. The molecule has 0 aliphatic rings. The predicted octanol–water partition coefficient (Wildman–Crippen LogP) is 3.36. The molecule has 0 N–H and O–H groups in total. The number of rotatable bonds is 6. The summed E-state index contributed by atoms with van der Waals surface area (Å²) < 4.78 is 4.77. The minimum atomic E-state index is -0.629. The van der Waals surface area contributed by atoms with Crippen molar-refractivity contribution in [1.82, 2.24) is 0 Å². The smallest absolute Gasteiger partial charge is 0.152 e. The van der Waals surface area contributed by atoms with Gasteiger partial charge in [0.2, 0.25) is 0 Å². The quantitative estimate of drug-likeness (QED) is 0.514. The van der Waals surface area contributed by atoms with Crippen LogP contribution >= 0.6 is 0 Å². The molecule has 0 bridgehead atoms. The molecule has 0 aliphatic heterocycles. The highest BCUT2D eigenvalue weighted by atomic mass is 28.2. The van der Waals surface area contributed by atoms with Crippen molar-refractivity contribution in [1.29, 1.82) is 0 Å². The highest BCUT2D eigenvalue weighted by molar-refractivity contribution is 6.61. The van der Waals surface area contributed by atoms with Crippen LogP contribution in [0.3, 0.4) is 0 Å². The van der Waals surface area contributed by atoms with Gasteiger partial charge in [0.25, 0.3) is 0 Å². The summed E-state index contributed by atoms with van der Waals surface area (Å²) in [6.07, 6.45) is 5.27. The topological polar surface area (TPSA) is 12.4 Å². The predicted molar refractivity (Wildman–Crippen MR) is 69.1 cm³/mol. The van der Waals surface area contributed by atoms with E-state index in [2.05, 4.69) is 43.8 Å². The summed E-state index contributed by atoms with van der Waals surface area (Å²) in [6, 6.07) is 10.7. The number of hydrogen-bond acceptors (Lipinski definition) is 1. The fraction of sp³-hybridized carbons (Fsp3) is 0.538. The largest absolute Gasteiger partial charge is 0.332 e. The van der Waals surface area contributed by atoms with Crippen molar-refractivity contribution in [2.24, 2.45) is 4.63 Å². The van der Waals surface area contributed by atoms with Gasteiger partial charge in [-0.15, -0.1) is 0 Å². The molecule has 1 rings (SSSR count). The summed E-state index contributed by atoms with van der Waals surface area (Å²) in [5.74, 6) is 0. The van der Waals surface area contributed by atoms with Crippen molar-refractivity contribution < 1.29 is 0 Å². The second-order valence-electron chi connectivity index (χ2n) is 3.89. The molecule has 1 aromatic carbocycles. The maximum Gasteiger partial charge on any atom is 0.152 e. The summed E-state index contributed by atoms with van der Waals surface area (Å²) in [6.45, 7) is 5.58. The summed E-state index contributed by atoms with van der Waals surface area (Å²) in [4.78, 5) is 0. The van der Waals surface area contributed by atoms with E-state index in [1.54, 1.807) is 0 Å². The molecule has 0 saturated heterocycles. The van der Waals surface area contributed by atoms with Crippen molar-refractivity contribution in [3.05, 3.63) is 30.3 Å². The van der Waals surface area contributed by atoms with Crippen molar-refractivity contribution in [3.8, 4) is 0 Å².